The zero-order chi connectivity index (χ0) is 17.9. The lowest BCUT2D eigenvalue weighted by molar-refractivity contribution is -0.120. The molecule has 0 saturated carbocycles. The van der Waals surface area contributed by atoms with E-state index in [-0.39, 0.29) is 16.7 Å². The van der Waals surface area contributed by atoms with Crippen molar-refractivity contribution in [2.24, 2.45) is 5.92 Å². The number of rotatable bonds is 4. The molecule has 1 saturated heterocycles. The number of carbonyl (C=O) groups is 1. The lowest BCUT2D eigenvalue weighted by Gasteiger charge is -2.30. The van der Waals surface area contributed by atoms with Crippen LogP contribution < -0.4 is 5.32 Å². The Kier molecular flexibility index (Phi) is 5.56. The Bertz CT molecular complexity index is 830. The predicted octanol–water partition coefficient (Wildman–Crippen LogP) is 3.49. The molecule has 0 aliphatic carbocycles. The van der Waals surface area contributed by atoms with E-state index < -0.39 is 10.0 Å². The number of amides is 1. The van der Waals surface area contributed by atoms with E-state index >= 15 is 0 Å². The summed E-state index contributed by atoms with van der Waals surface area (Å²) in [5.74, 6) is -0.219. The second-order valence-electron chi connectivity index (χ2n) is 5.99. The average molecular weight is 423 g/mol. The van der Waals surface area contributed by atoms with Crippen LogP contribution in [0.3, 0.4) is 0 Å². The van der Waals surface area contributed by atoms with Crippen LogP contribution in [0.5, 0.6) is 0 Å². The van der Waals surface area contributed by atoms with Crippen molar-refractivity contribution in [2.45, 2.75) is 17.7 Å². The molecule has 0 bridgehead atoms. The van der Waals surface area contributed by atoms with Gasteiger partial charge in [-0.15, -0.1) is 0 Å². The molecular formula is C18H19BrN2O3S. The first-order valence-corrected chi connectivity index (χ1v) is 10.3. The number of nitrogens with zero attached hydrogens (tertiary/aromatic N) is 1. The molecule has 5 nitrogen and oxygen atoms in total. The molecule has 0 spiro atoms. The largest absolute Gasteiger partial charge is 0.326 e. The summed E-state index contributed by atoms with van der Waals surface area (Å²) in [7, 11) is -3.51. The number of piperidine rings is 1. The Balaban J connectivity index is 1.61. The normalized spacial score (nSPS) is 16.5. The van der Waals surface area contributed by atoms with Gasteiger partial charge in [0.15, 0.2) is 0 Å². The van der Waals surface area contributed by atoms with Crippen LogP contribution in [0.2, 0.25) is 0 Å². The minimum absolute atomic E-state index is 0.0492. The van der Waals surface area contributed by atoms with E-state index in [1.807, 2.05) is 30.3 Å². The second kappa shape index (κ2) is 7.68. The molecule has 2 aromatic rings. The first kappa shape index (κ1) is 18.1. The zero-order valence-corrected chi connectivity index (χ0v) is 16.0. The summed E-state index contributed by atoms with van der Waals surface area (Å²) in [4.78, 5) is 12.6. The van der Waals surface area contributed by atoms with E-state index in [0.717, 1.165) is 10.2 Å². The summed E-state index contributed by atoms with van der Waals surface area (Å²) >= 11 is 3.31. The Morgan fingerprint density at radius 3 is 2.20 bits per heavy atom. The highest BCUT2D eigenvalue weighted by Gasteiger charge is 2.32. The van der Waals surface area contributed by atoms with Crippen LogP contribution in [0.15, 0.2) is 64.0 Å². The van der Waals surface area contributed by atoms with E-state index in [1.54, 1.807) is 24.3 Å². The number of nitrogens with one attached hydrogen (secondary N) is 1. The Labute approximate surface area is 156 Å². The van der Waals surface area contributed by atoms with Crippen molar-refractivity contribution in [3.05, 3.63) is 59.1 Å². The fraction of sp³-hybridized carbons (Fsp3) is 0.278. The Morgan fingerprint density at radius 1 is 1.00 bits per heavy atom. The van der Waals surface area contributed by atoms with Crippen molar-refractivity contribution in [1.29, 1.82) is 0 Å². The Morgan fingerprint density at radius 2 is 1.60 bits per heavy atom. The van der Waals surface area contributed by atoms with Gasteiger partial charge in [0, 0.05) is 29.2 Å². The van der Waals surface area contributed by atoms with Gasteiger partial charge in [-0.1, -0.05) is 34.1 Å². The van der Waals surface area contributed by atoms with Crippen molar-refractivity contribution in [2.75, 3.05) is 18.4 Å². The standard InChI is InChI=1S/C18H19BrN2O3S/c19-15-6-8-17(9-7-15)25(23,24)21-12-10-14(11-13-21)18(22)20-16-4-2-1-3-5-16/h1-9,14H,10-13H2,(H,20,22). The number of para-hydroxylation sites is 1. The SMILES string of the molecule is O=C(Nc1ccccc1)C1CCN(S(=O)(=O)c2ccc(Br)cc2)CC1. The topological polar surface area (TPSA) is 66.5 Å². The summed E-state index contributed by atoms with van der Waals surface area (Å²) in [5, 5.41) is 2.89. The molecule has 1 fully saturated rings. The molecule has 0 atom stereocenters. The second-order valence-corrected chi connectivity index (χ2v) is 8.84. The van der Waals surface area contributed by atoms with Gasteiger partial charge in [0.2, 0.25) is 15.9 Å². The van der Waals surface area contributed by atoms with Gasteiger partial charge in [0.1, 0.15) is 0 Å². The molecule has 7 heteroatoms. The quantitative estimate of drug-likeness (QED) is 0.819. The molecular weight excluding hydrogens is 404 g/mol. The Hall–Kier alpha value is -1.70. The molecule has 0 aromatic heterocycles. The van der Waals surface area contributed by atoms with Gasteiger partial charge in [-0.3, -0.25) is 4.79 Å². The molecule has 0 unspecified atom stereocenters. The molecule has 1 N–H and O–H groups in total. The highest BCUT2D eigenvalue weighted by Crippen LogP contribution is 2.25. The van der Waals surface area contributed by atoms with Crippen molar-refractivity contribution in [1.82, 2.24) is 4.31 Å². The fourth-order valence-corrected chi connectivity index (χ4v) is 4.61. The summed E-state index contributed by atoms with van der Waals surface area (Å²) in [5.41, 5.74) is 0.761. The number of hydrogen-bond acceptors (Lipinski definition) is 3. The van der Waals surface area contributed by atoms with Gasteiger partial charge in [0.05, 0.1) is 4.90 Å². The van der Waals surface area contributed by atoms with Crippen molar-refractivity contribution in [3.8, 4) is 0 Å². The lowest BCUT2D eigenvalue weighted by Crippen LogP contribution is -2.41. The molecule has 132 valence electrons. The number of benzene rings is 2. The zero-order valence-electron chi connectivity index (χ0n) is 13.6. The minimum atomic E-state index is -3.51. The van der Waals surface area contributed by atoms with Crippen LogP contribution in [0.4, 0.5) is 5.69 Å². The van der Waals surface area contributed by atoms with E-state index in [1.165, 1.54) is 4.31 Å². The highest BCUT2D eigenvalue weighted by atomic mass is 79.9. The van der Waals surface area contributed by atoms with Crippen LogP contribution in [-0.4, -0.2) is 31.7 Å². The summed E-state index contributed by atoms with van der Waals surface area (Å²) < 4.78 is 27.6. The number of hydrogen-bond donors (Lipinski definition) is 1. The van der Waals surface area contributed by atoms with Gasteiger partial charge >= 0.3 is 0 Å². The molecule has 1 amide bonds. The highest BCUT2D eigenvalue weighted by molar-refractivity contribution is 9.10. The first-order valence-electron chi connectivity index (χ1n) is 8.08. The smallest absolute Gasteiger partial charge is 0.243 e. The molecule has 1 aliphatic rings. The number of halogens is 1. The molecule has 0 radical (unpaired) electrons. The predicted molar refractivity (Wildman–Crippen MR) is 101 cm³/mol. The molecule has 3 rings (SSSR count). The fourth-order valence-electron chi connectivity index (χ4n) is 2.88. The van der Waals surface area contributed by atoms with Crippen LogP contribution in [0, 0.1) is 5.92 Å². The minimum Gasteiger partial charge on any atom is -0.326 e. The maximum absolute atomic E-state index is 12.7. The third-order valence-corrected chi connectivity index (χ3v) is 6.76. The van der Waals surface area contributed by atoms with Gasteiger partial charge < -0.3 is 5.32 Å². The molecule has 2 aromatic carbocycles. The van der Waals surface area contributed by atoms with Crippen LogP contribution in [0.25, 0.3) is 0 Å². The molecule has 25 heavy (non-hydrogen) atoms. The number of sulfonamides is 1. The third kappa shape index (κ3) is 4.29. The number of anilines is 1. The maximum Gasteiger partial charge on any atom is 0.243 e. The lowest BCUT2D eigenvalue weighted by atomic mass is 9.97. The van der Waals surface area contributed by atoms with Gasteiger partial charge in [-0.25, -0.2) is 8.42 Å². The summed E-state index contributed by atoms with van der Waals surface area (Å²) in [6.45, 7) is 0.705. The van der Waals surface area contributed by atoms with Gasteiger partial charge in [-0.05, 0) is 49.2 Å². The molecule has 1 aliphatic heterocycles. The van der Waals surface area contributed by atoms with Gasteiger partial charge in [0.25, 0.3) is 0 Å². The average Bonchev–Trinajstić information content (AvgIpc) is 2.63. The van der Waals surface area contributed by atoms with Crippen LogP contribution >= 0.6 is 15.9 Å². The van der Waals surface area contributed by atoms with Gasteiger partial charge in [-0.2, -0.15) is 4.31 Å². The maximum atomic E-state index is 12.7. The van der Waals surface area contributed by atoms with Crippen molar-refractivity contribution in [3.63, 3.8) is 0 Å². The van der Waals surface area contributed by atoms with Crippen LogP contribution in [0.1, 0.15) is 12.8 Å². The van der Waals surface area contributed by atoms with E-state index in [0.29, 0.717) is 25.9 Å². The third-order valence-electron chi connectivity index (χ3n) is 4.32. The van der Waals surface area contributed by atoms with Crippen molar-refractivity contribution < 1.29 is 13.2 Å². The van der Waals surface area contributed by atoms with E-state index in [4.69, 9.17) is 0 Å². The van der Waals surface area contributed by atoms with E-state index in [2.05, 4.69) is 21.2 Å². The summed E-state index contributed by atoms with van der Waals surface area (Å²) in [6, 6.07) is 15.9. The van der Waals surface area contributed by atoms with Crippen molar-refractivity contribution >= 4 is 37.5 Å². The van der Waals surface area contributed by atoms with Crippen LogP contribution in [-0.2, 0) is 14.8 Å². The van der Waals surface area contributed by atoms with E-state index in [9.17, 15) is 13.2 Å². The molecule has 1 heterocycles. The number of carbonyl (C=O) groups excluding carboxylic acids is 1. The first-order chi connectivity index (χ1) is 12.0. The monoisotopic (exact) mass is 422 g/mol. The summed E-state index contributed by atoms with van der Waals surface area (Å²) in [6.07, 6.45) is 1.04.